The maximum Gasteiger partial charge on any atom is 0.0679 e. The zero-order valence-electron chi connectivity index (χ0n) is 12.8. The van der Waals surface area contributed by atoms with E-state index in [-0.39, 0.29) is 12.1 Å². The molecular weight excluding hydrogens is 238 g/mol. The third kappa shape index (κ3) is 3.71. The Morgan fingerprint density at radius 3 is 2.42 bits per heavy atom. The van der Waals surface area contributed by atoms with Crippen molar-refractivity contribution in [2.45, 2.75) is 64.5 Å². The molecule has 3 heteroatoms. The van der Waals surface area contributed by atoms with E-state index in [2.05, 4.69) is 26.1 Å². The van der Waals surface area contributed by atoms with E-state index in [1.165, 1.54) is 32.1 Å². The van der Waals surface area contributed by atoms with Gasteiger partial charge in [-0.25, -0.2) is 0 Å². The predicted octanol–water partition coefficient (Wildman–Crippen LogP) is 2.58. The van der Waals surface area contributed by atoms with Crippen LogP contribution in [0, 0.1) is 17.8 Å². The van der Waals surface area contributed by atoms with Crippen molar-refractivity contribution < 1.29 is 9.84 Å². The fourth-order valence-corrected chi connectivity index (χ4v) is 3.45. The molecule has 0 aliphatic heterocycles. The molecule has 0 spiro atoms. The van der Waals surface area contributed by atoms with E-state index in [1.807, 2.05) is 0 Å². The molecule has 0 heterocycles. The van der Waals surface area contributed by atoms with E-state index in [0.29, 0.717) is 18.6 Å². The first-order valence-electron chi connectivity index (χ1n) is 8.08. The van der Waals surface area contributed by atoms with Gasteiger partial charge in [-0.2, -0.15) is 0 Å². The number of rotatable bonds is 7. The summed E-state index contributed by atoms with van der Waals surface area (Å²) >= 11 is 0. The summed E-state index contributed by atoms with van der Waals surface area (Å²) in [7, 11) is 0. The van der Waals surface area contributed by atoms with Crippen molar-refractivity contribution in [3.05, 3.63) is 0 Å². The molecule has 4 atom stereocenters. The molecule has 112 valence electrons. The second-order valence-corrected chi connectivity index (χ2v) is 6.82. The molecule has 4 unspecified atom stereocenters. The van der Waals surface area contributed by atoms with Gasteiger partial charge in [-0.3, -0.25) is 0 Å². The lowest BCUT2D eigenvalue weighted by molar-refractivity contribution is -0.0450. The minimum atomic E-state index is -0.180. The van der Waals surface area contributed by atoms with Crippen LogP contribution in [0.5, 0.6) is 0 Å². The smallest absolute Gasteiger partial charge is 0.0679 e. The highest BCUT2D eigenvalue weighted by Gasteiger charge is 2.45. The SMILES string of the molecule is CCNC(CO)(COC1CCC(C)C(C)C1)C1CC1. The Balaban J connectivity index is 1.85. The van der Waals surface area contributed by atoms with Crippen LogP contribution in [-0.4, -0.2) is 36.5 Å². The van der Waals surface area contributed by atoms with Gasteiger partial charge in [0.2, 0.25) is 0 Å². The van der Waals surface area contributed by atoms with Gasteiger partial charge in [0.1, 0.15) is 0 Å². The lowest BCUT2D eigenvalue weighted by atomic mass is 9.80. The van der Waals surface area contributed by atoms with Gasteiger partial charge in [-0.1, -0.05) is 20.8 Å². The summed E-state index contributed by atoms with van der Waals surface area (Å²) in [5, 5.41) is 13.3. The van der Waals surface area contributed by atoms with Gasteiger partial charge in [-0.05, 0) is 56.4 Å². The van der Waals surface area contributed by atoms with Crippen molar-refractivity contribution >= 4 is 0 Å². The van der Waals surface area contributed by atoms with E-state index in [9.17, 15) is 5.11 Å². The van der Waals surface area contributed by atoms with Crippen LogP contribution in [0.2, 0.25) is 0 Å². The molecule has 2 saturated carbocycles. The van der Waals surface area contributed by atoms with Gasteiger partial charge in [0.15, 0.2) is 0 Å². The first-order chi connectivity index (χ1) is 9.11. The maximum atomic E-state index is 9.80. The summed E-state index contributed by atoms with van der Waals surface area (Å²) in [5.41, 5.74) is -0.180. The van der Waals surface area contributed by atoms with Crippen LogP contribution in [0.1, 0.15) is 52.9 Å². The van der Waals surface area contributed by atoms with Crippen molar-refractivity contribution in [3.63, 3.8) is 0 Å². The molecule has 0 amide bonds. The summed E-state index contributed by atoms with van der Waals surface area (Å²) in [6.45, 7) is 8.57. The average Bonchev–Trinajstić information content (AvgIpc) is 3.23. The Morgan fingerprint density at radius 2 is 1.89 bits per heavy atom. The van der Waals surface area contributed by atoms with Crippen molar-refractivity contribution in [2.24, 2.45) is 17.8 Å². The number of hydrogen-bond donors (Lipinski definition) is 2. The maximum absolute atomic E-state index is 9.80. The Bertz CT molecular complexity index is 280. The molecule has 0 bridgehead atoms. The first kappa shape index (κ1) is 15.3. The van der Waals surface area contributed by atoms with Gasteiger partial charge < -0.3 is 15.2 Å². The third-order valence-corrected chi connectivity index (χ3v) is 5.30. The molecule has 2 aliphatic carbocycles. The number of hydrogen-bond acceptors (Lipinski definition) is 3. The molecule has 19 heavy (non-hydrogen) atoms. The molecule has 2 fully saturated rings. The number of aliphatic hydroxyl groups is 1. The summed E-state index contributed by atoms with van der Waals surface area (Å²) < 4.78 is 6.19. The number of likely N-dealkylation sites (N-methyl/N-ethyl adjacent to an activating group) is 1. The Labute approximate surface area is 118 Å². The standard InChI is InChI=1S/C16H31NO2/c1-4-17-16(10-18,14-6-7-14)11-19-15-8-5-12(2)13(3)9-15/h12-15,17-18H,4-11H2,1-3H3. The van der Waals surface area contributed by atoms with Crippen LogP contribution < -0.4 is 5.32 Å². The highest BCUT2D eigenvalue weighted by Crippen LogP contribution is 2.40. The van der Waals surface area contributed by atoms with Crippen LogP contribution >= 0.6 is 0 Å². The number of aliphatic hydroxyl groups excluding tert-OH is 1. The minimum absolute atomic E-state index is 0.180. The molecule has 0 aromatic carbocycles. The topological polar surface area (TPSA) is 41.5 Å². The first-order valence-corrected chi connectivity index (χ1v) is 8.08. The molecule has 0 radical (unpaired) electrons. The highest BCUT2D eigenvalue weighted by molar-refractivity contribution is 5.01. The lowest BCUT2D eigenvalue weighted by Gasteiger charge is -2.37. The molecule has 0 saturated heterocycles. The van der Waals surface area contributed by atoms with Crippen LogP contribution in [0.4, 0.5) is 0 Å². The van der Waals surface area contributed by atoms with Crippen molar-refractivity contribution in [2.75, 3.05) is 19.8 Å². The lowest BCUT2D eigenvalue weighted by Crippen LogP contribution is -2.55. The van der Waals surface area contributed by atoms with E-state index < -0.39 is 0 Å². The summed E-state index contributed by atoms with van der Waals surface area (Å²) in [4.78, 5) is 0. The van der Waals surface area contributed by atoms with Crippen LogP contribution in [0.3, 0.4) is 0 Å². The fourth-order valence-electron chi connectivity index (χ4n) is 3.45. The second-order valence-electron chi connectivity index (χ2n) is 6.82. The summed E-state index contributed by atoms with van der Waals surface area (Å²) in [6.07, 6.45) is 6.50. The molecule has 0 aromatic rings. The molecule has 3 nitrogen and oxygen atoms in total. The molecule has 2 aliphatic rings. The average molecular weight is 269 g/mol. The highest BCUT2D eigenvalue weighted by atomic mass is 16.5. The normalized spacial score (nSPS) is 35.1. The van der Waals surface area contributed by atoms with Gasteiger partial charge in [0.25, 0.3) is 0 Å². The Kier molecular flexibility index (Phi) is 5.27. The molecule has 0 aromatic heterocycles. The van der Waals surface area contributed by atoms with Gasteiger partial charge in [-0.15, -0.1) is 0 Å². The predicted molar refractivity (Wildman–Crippen MR) is 78.1 cm³/mol. The van der Waals surface area contributed by atoms with Crippen LogP contribution in [0.15, 0.2) is 0 Å². The van der Waals surface area contributed by atoms with E-state index in [0.717, 1.165) is 18.4 Å². The van der Waals surface area contributed by atoms with Crippen molar-refractivity contribution in [1.82, 2.24) is 5.32 Å². The van der Waals surface area contributed by atoms with E-state index in [1.54, 1.807) is 0 Å². The molecule has 2 rings (SSSR count). The Morgan fingerprint density at radius 1 is 1.16 bits per heavy atom. The number of ether oxygens (including phenoxy) is 1. The summed E-state index contributed by atoms with van der Waals surface area (Å²) in [6, 6.07) is 0. The monoisotopic (exact) mass is 269 g/mol. The molecular formula is C16H31NO2. The van der Waals surface area contributed by atoms with Crippen LogP contribution in [0.25, 0.3) is 0 Å². The summed E-state index contributed by atoms with van der Waals surface area (Å²) in [5.74, 6) is 2.21. The number of nitrogens with one attached hydrogen (secondary N) is 1. The minimum Gasteiger partial charge on any atom is -0.394 e. The van der Waals surface area contributed by atoms with Crippen LogP contribution in [-0.2, 0) is 4.74 Å². The molecule has 2 N–H and O–H groups in total. The Hall–Kier alpha value is -0.120. The van der Waals surface area contributed by atoms with Gasteiger partial charge in [0, 0.05) is 0 Å². The van der Waals surface area contributed by atoms with Gasteiger partial charge >= 0.3 is 0 Å². The van der Waals surface area contributed by atoms with E-state index >= 15 is 0 Å². The largest absolute Gasteiger partial charge is 0.394 e. The quantitative estimate of drug-likeness (QED) is 0.746. The second kappa shape index (κ2) is 6.55. The third-order valence-electron chi connectivity index (χ3n) is 5.30. The van der Waals surface area contributed by atoms with Gasteiger partial charge in [0.05, 0.1) is 24.9 Å². The van der Waals surface area contributed by atoms with Crippen molar-refractivity contribution in [3.8, 4) is 0 Å². The zero-order chi connectivity index (χ0) is 13.9. The van der Waals surface area contributed by atoms with Crippen molar-refractivity contribution in [1.29, 1.82) is 0 Å². The zero-order valence-corrected chi connectivity index (χ0v) is 12.8. The fraction of sp³-hybridized carbons (Fsp3) is 1.00. The van der Waals surface area contributed by atoms with E-state index in [4.69, 9.17) is 4.74 Å².